The Balaban J connectivity index is 2.16. The predicted octanol–water partition coefficient (Wildman–Crippen LogP) is 3.34. The van der Waals surface area contributed by atoms with Gasteiger partial charge in [-0.05, 0) is 65.0 Å². The molecule has 1 atom stereocenters. The summed E-state index contributed by atoms with van der Waals surface area (Å²) in [6.45, 7) is 0. The number of anilines is 1. The maximum absolute atomic E-state index is 12.7. The lowest BCUT2D eigenvalue weighted by Gasteiger charge is -2.19. The zero-order chi connectivity index (χ0) is 20.7. The van der Waals surface area contributed by atoms with Crippen LogP contribution < -0.4 is 10.6 Å². The van der Waals surface area contributed by atoms with Gasteiger partial charge in [-0.3, -0.25) is 9.59 Å². The molecule has 0 aliphatic carbocycles. The second-order valence-corrected chi connectivity index (χ2v) is 10.1. The van der Waals surface area contributed by atoms with Gasteiger partial charge in [-0.1, -0.05) is 12.1 Å². The van der Waals surface area contributed by atoms with Gasteiger partial charge in [0.25, 0.3) is 5.91 Å². The lowest BCUT2D eigenvalue weighted by atomic mass is 10.1. The summed E-state index contributed by atoms with van der Waals surface area (Å²) < 4.78 is 23.7. The van der Waals surface area contributed by atoms with Crippen molar-refractivity contribution in [3.8, 4) is 0 Å². The minimum Gasteiger partial charge on any atom is -0.340 e. The zero-order valence-electron chi connectivity index (χ0n) is 15.4. The van der Waals surface area contributed by atoms with Crippen molar-refractivity contribution in [1.29, 1.82) is 0 Å². The first-order valence-corrected chi connectivity index (χ1v) is 12.5. The van der Waals surface area contributed by atoms with Gasteiger partial charge in [0, 0.05) is 21.3 Å². The predicted molar refractivity (Wildman–Crippen MR) is 117 cm³/mol. The third-order valence-corrected chi connectivity index (χ3v) is 6.29. The van der Waals surface area contributed by atoms with Gasteiger partial charge in [-0.2, -0.15) is 0 Å². The number of nitrogens with one attached hydrogen (secondary N) is 2. The van der Waals surface area contributed by atoms with Crippen LogP contribution in [-0.2, 0) is 14.6 Å². The van der Waals surface area contributed by atoms with Crippen LogP contribution in [0.25, 0.3) is 0 Å². The molecular weight excluding hydrogens is 464 g/mol. The molecule has 0 spiro atoms. The molecule has 0 aromatic heterocycles. The molecule has 0 fully saturated rings. The van der Waals surface area contributed by atoms with Crippen molar-refractivity contribution in [3.05, 3.63) is 58.6 Å². The van der Waals surface area contributed by atoms with E-state index < -0.39 is 27.7 Å². The molecule has 2 N–H and O–H groups in total. The molecule has 2 aromatic carbocycles. The summed E-state index contributed by atoms with van der Waals surface area (Å²) in [6, 6.07) is 13.1. The number of rotatable bonds is 8. The molecule has 28 heavy (non-hydrogen) atoms. The van der Waals surface area contributed by atoms with E-state index in [1.54, 1.807) is 48.2 Å². The number of hydrogen-bond acceptors (Lipinski definition) is 5. The molecule has 0 radical (unpaired) electrons. The van der Waals surface area contributed by atoms with Gasteiger partial charge < -0.3 is 10.6 Å². The van der Waals surface area contributed by atoms with Crippen molar-refractivity contribution in [2.24, 2.45) is 0 Å². The topological polar surface area (TPSA) is 92.3 Å². The van der Waals surface area contributed by atoms with Gasteiger partial charge >= 0.3 is 0 Å². The Morgan fingerprint density at radius 2 is 1.75 bits per heavy atom. The number of thioether (sulfide) groups is 1. The van der Waals surface area contributed by atoms with E-state index in [1.165, 1.54) is 0 Å². The van der Waals surface area contributed by atoms with E-state index in [-0.39, 0.29) is 12.2 Å². The summed E-state index contributed by atoms with van der Waals surface area (Å²) in [7, 11) is -3.29. The second-order valence-electron chi connectivity index (χ2n) is 6.14. The van der Waals surface area contributed by atoms with Gasteiger partial charge in [-0.15, -0.1) is 11.8 Å². The maximum Gasteiger partial charge on any atom is 0.253 e. The standard InChI is InChI=1S/C19H21BrN2O4S2/c1-27-14-9-7-13(8-10-14)21-19(24)17(11-12-28(2,25)26)22-18(23)15-5-3-4-6-16(15)20/h3-10,17H,11-12H2,1-2H3,(H,21,24)(H,22,23). The molecule has 0 saturated carbocycles. The molecular formula is C19H21BrN2O4S2. The summed E-state index contributed by atoms with van der Waals surface area (Å²) in [6.07, 6.45) is 3.02. The average molecular weight is 485 g/mol. The maximum atomic E-state index is 12.7. The first-order valence-electron chi connectivity index (χ1n) is 8.37. The Labute approximate surface area is 177 Å². The molecule has 0 bridgehead atoms. The highest BCUT2D eigenvalue weighted by atomic mass is 79.9. The fraction of sp³-hybridized carbons (Fsp3) is 0.263. The van der Waals surface area contributed by atoms with Crippen LogP contribution in [0.3, 0.4) is 0 Å². The highest BCUT2D eigenvalue weighted by Gasteiger charge is 2.24. The van der Waals surface area contributed by atoms with Crippen molar-refractivity contribution < 1.29 is 18.0 Å². The number of sulfone groups is 1. The van der Waals surface area contributed by atoms with Gasteiger partial charge in [-0.25, -0.2) is 8.42 Å². The zero-order valence-corrected chi connectivity index (χ0v) is 18.7. The lowest BCUT2D eigenvalue weighted by molar-refractivity contribution is -0.118. The molecule has 1 unspecified atom stereocenters. The Kier molecular flexibility index (Phi) is 8.09. The normalized spacial score (nSPS) is 12.2. The smallest absolute Gasteiger partial charge is 0.253 e. The van der Waals surface area contributed by atoms with Gasteiger partial charge in [0.05, 0.1) is 11.3 Å². The van der Waals surface area contributed by atoms with Crippen LogP contribution in [0.2, 0.25) is 0 Å². The molecule has 150 valence electrons. The third-order valence-electron chi connectivity index (χ3n) is 3.88. The Bertz CT molecular complexity index is 947. The Morgan fingerprint density at radius 3 is 2.32 bits per heavy atom. The van der Waals surface area contributed by atoms with E-state index in [0.29, 0.717) is 15.7 Å². The summed E-state index contributed by atoms with van der Waals surface area (Å²) >= 11 is 4.88. The first kappa shape index (κ1) is 22.4. The van der Waals surface area contributed by atoms with Crippen molar-refractivity contribution in [1.82, 2.24) is 5.32 Å². The number of benzene rings is 2. The summed E-state index contributed by atoms with van der Waals surface area (Å²) in [5.74, 6) is -1.15. The van der Waals surface area contributed by atoms with Gasteiger partial charge in [0.2, 0.25) is 5.91 Å². The molecule has 2 rings (SSSR count). The number of hydrogen-bond donors (Lipinski definition) is 2. The van der Waals surface area contributed by atoms with E-state index in [9.17, 15) is 18.0 Å². The highest BCUT2D eigenvalue weighted by molar-refractivity contribution is 9.10. The summed E-state index contributed by atoms with van der Waals surface area (Å²) in [5, 5.41) is 5.37. The Morgan fingerprint density at radius 1 is 1.11 bits per heavy atom. The number of carbonyl (C=O) groups excluding carboxylic acids is 2. The second kappa shape index (κ2) is 10.1. The minimum atomic E-state index is -3.29. The van der Waals surface area contributed by atoms with Crippen LogP contribution in [0, 0.1) is 0 Å². The van der Waals surface area contributed by atoms with E-state index in [4.69, 9.17) is 0 Å². The molecule has 0 heterocycles. The van der Waals surface area contributed by atoms with E-state index in [2.05, 4.69) is 26.6 Å². The Hall–Kier alpha value is -1.84. The molecule has 0 saturated heterocycles. The fourth-order valence-corrected chi connectivity index (χ4v) is 3.92. The largest absolute Gasteiger partial charge is 0.340 e. The van der Waals surface area contributed by atoms with Crippen LogP contribution in [0.1, 0.15) is 16.8 Å². The van der Waals surface area contributed by atoms with Crippen LogP contribution >= 0.6 is 27.7 Å². The SMILES string of the molecule is CSc1ccc(NC(=O)C(CCS(C)(=O)=O)NC(=O)c2ccccc2Br)cc1. The first-order chi connectivity index (χ1) is 13.2. The summed E-state index contributed by atoms with van der Waals surface area (Å²) in [4.78, 5) is 26.3. The van der Waals surface area contributed by atoms with Crippen molar-refractivity contribution in [2.45, 2.75) is 17.4 Å². The van der Waals surface area contributed by atoms with Crippen LogP contribution in [-0.4, -0.2) is 44.5 Å². The number of carbonyl (C=O) groups is 2. The number of amides is 2. The lowest BCUT2D eigenvalue weighted by Crippen LogP contribution is -2.44. The van der Waals surface area contributed by atoms with Crippen molar-refractivity contribution in [2.75, 3.05) is 23.6 Å². The van der Waals surface area contributed by atoms with Crippen molar-refractivity contribution >= 4 is 55.0 Å². The van der Waals surface area contributed by atoms with Crippen LogP contribution in [0.4, 0.5) is 5.69 Å². The highest BCUT2D eigenvalue weighted by Crippen LogP contribution is 2.18. The van der Waals surface area contributed by atoms with E-state index >= 15 is 0 Å². The monoisotopic (exact) mass is 484 g/mol. The third kappa shape index (κ3) is 6.96. The summed E-state index contributed by atoms with van der Waals surface area (Å²) in [5.41, 5.74) is 0.936. The van der Waals surface area contributed by atoms with Crippen LogP contribution in [0.15, 0.2) is 57.9 Å². The molecule has 2 aromatic rings. The molecule has 0 aliphatic rings. The van der Waals surface area contributed by atoms with Crippen molar-refractivity contribution in [3.63, 3.8) is 0 Å². The quantitative estimate of drug-likeness (QED) is 0.560. The molecule has 0 aliphatic heterocycles. The molecule has 6 nitrogen and oxygen atoms in total. The molecule has 2 amide bonds. The van der Waals surface area contributed by atoms with E-state index in [1.807, 2.05) is 18.4 Å². The fourth-order valence-electron chi connectivity index (χ4n) is 2.39. The average Bonchev–Trinajstić information content (AvgIpc) is 2.65. The van der Waals surface area contributed by atoms with Gasteiger partial charge in [0.15, 0.2) is 0 Å². The molecule has 9 heteroatoms. The van der Waals surface area contributed by atoms with Gasteiger partial charge in [0.1, 0.15) is 15.9 Å². The minimum absolute atomic E-state index is 0.0241. The number of halogens is 1. The van der Waals surface area contributed by atoms with E-state index in [0.717, 1.165) is 11.2 Å². The van der Waals surface area contributed by atoms with Crippen LogP contribution in [0.5, 0.6) is 0 Å².